The Balaban J connectivity index is 1.87. The van der Waals surface area contributed by atoms with Crippen LogP contribution >= 0.6 is 0 Å². The SMILES string of the molecule is COc1ccccc1NC(=O)NCC1(C)CCCN1. The van der Waals surface area contributed by atoms with E-state index < -0.39 is 0 Å². The number of hydrogen-bond acceptors (Lipinski definition) is 3. The van der Waals surface area contributed by atoms with Crippen LogP contribution in [0.5, 0.6) is 5.75 Å². The molecule has 5 heteroatoms. The molecule has 1 aromatic carbocycles. The maximum atomic E-state index is 11.9. The highest BCUT2D eigenvalue weighted by molar-refractivity contribution is 5.90. The fourth-order valence-corrected chi connectivity index (χ4v) is 2.30. The van der Waals surface area contributed by atoms with E-state index in [1.807, 2.05) is 24.3 Å². The van der Waals surface area contributed by atoms with E-state index in [2.05, 4.69) is 22.9 Å². The van der Waals surface area contributed by atoms with Gasteiger partial charge >= 0.3 is 6.03 Å². The molecule has 1 saturated heterocycles. The van der Waals surface area contributed by atoms with Crippen LogP contribution in [0.25, 0.3) is 0 Å². The summed E-state index contributed by atoms with van der Waals surface area (Å²) in [6.45, 7) is 3.77. The van der Waals surface area contributed by atoms with Crippen molar-refractivity contribution < 1.29 is 9.53 Å². The van der Waals surface area contributed by atoms with Crippen molar-refractivity contribution >= 4 is 11.7 Å². The second-order valence-electron chi connectivity index (χ2n) is 5.10. The van der Waals surface area contributed by atoms with E-state index >= 15 is 0 Å². The number of para-hydroxylation sites is 2. The molecule has 0 aliphatic carbocycles. The lowest BCUT2D eigenvalue weighted by atomic mass is 10.0. The largest absolute Gasteiger partial charge is 0.495 e. The number of hydrogen-bond donors (Lipinski definition) is 3. The van der Waals surface area contributed by atoms with Gasteiger partial charge in [-0.05, 0) is 38.4 Å². The van der Waals surface area contributed by atoms with Gasteiger partial charge in [-0.25, -0.2) is 4.79 Å². The predicted octanol–water partition coefficient (Wildman–Crippen LogP) is 1.96. The topological polar surface area (TPSA) is 62.4 Å². The zero-order valence-electron chi connectivity index (χ0n) is 11.5. The second kappa shape index (κ2) is 5.93. The molecule has 1 aliphatic rings. The molecule has 1 atom stereocenters. The first kappa shape index (κ1) is 13.7. The van der Waals surface area contributed by atoms with E-state index in [0.717, 1.165) is 19.4 Å². The lowest BCUT2D eigenvalue weighted by Crippen LogP contribution is -2.48. The zero-order chi connectivity index (χ0) is 13.7. The maximum Gasteiger partial charge on any atom is 0.319 e. The molecule has 0 spiro atoms. The van der Waals surface area contributed by atoms with Crippen molar-refractivity contribution in [2.45, 2.75) is 25.3 Å². The summed E-state index contributed by atoms with van der Waals surface area (Å²) in [5.41, 5.74) is 0.685. The highest BCUT2D eigenvalue weighted by atomic mass is 16.5. The molecule has 1 aliphatic heterocycles. The second-order valence-corrected chi connectivity index (χ2v) is 5.10. The van der Waals surface area contributed by atoms with Crippen LogP contribution in [0.15, 0.2) is 24.3 Å². The number of anilines is 1. The average molecular weight is 263 g/mol. The third-order valence-electron chi connectivity index (χ3n) is 3.45. The summed E-state index contributed by atoms with van der Waals surface area (Å²) in [6.07, 6.45) is 2.24. The van der Waals surface area contributed by atoms with Gasteiger partial charge in [0.1, 0.15) is 5.75 Å². The van der Waals surface area contributed by atoms with Crippen LogP contribution < -0.4 is 20.7 Å². The minimum Gasteiger partial charge on any atom is -0.495 e. The van der Waals surface area contributed by atoms with Crippen LogP contribution in [0.1, 0.15) is 19.8 Å². The zero-order valence-corrected chi connectivity index (χ0v) is 11.5. The van der Waals surface area contributed by atoms with Crippen LogP contribution in [0, 0.1) is 0 Å². The molecule has 2 amide bonds. The maximum absolute atomic E-state index is 11.9. The van der Waals surface area contributed by atoms with Gasteiger partial charge in [0.25, 0.3) is 0 Å². The summed E-state index contributed by atoms with van der Waals surface area (Å²) in [6, 6.07) is 7.15. The molecule has 19 heavy (non-hydrogen) atoms. The molecule has 1 aromatic rings. The van der Waals surface area contributed by atoms with Gasteiger partial charge in [-0.2, -0.15) is 0 Å². The van der Waals surface area contributed by atoms with Gasteiger partial charge < -0.3 is 20.7 Å². The first-order valence-electron chi connectivity index (χ1n) is 6.56. The fraction of sp³-hybridized carbons (Fsp3) is 0.500. The van der Waals surface area contributed by atoms with Crippen LogP contribution in [0.4, 0.5) is 10.5 Å². The van der Waals surface area contributed by atoms with E-state index in [-0.39, 0.29) is 11.6 Å². The van der Waals surface area contributed by atoms with Gasteiger partial charge in [0.05, 0.1) is 12.8 Å². The molecular weight excluding hydrogens is 242 g/mol. The van der Waals surface area contributed by atoms with Crippen LogP contribution in [-0.4, -0.2) is 31.8 Å². The third kappa shape index (κ3) is 3.61. The number of ether oxygens (including phenoxy) is 1. The van der Waals surface area contributed by atoms with Crippen molar-refractivity contribution in [1.82, 2.24) is 10.6 Å². The molecule has 1 fully saturated rings. The van der Waals surface area contributed by atoms with Gasteiger partial charge in [-0.1, -0.05) is 12.1 Å². The standard InChI is InChI=1S/C14H21N3O2/c1-14(8-5-9-16-14)10-15-13(18)17-11-6-3-4-7-12(11)19-2/h3-4,6-7,16H,5,8-10H2,1-2H3,(H2,15,17,18). The number of carbonyl (C=O) groups excluding carboxylic acids is 1. The molecule has 2 rings (SSSR count). The third-order valence-corrected chi connectivity index (χ3v) is 3.45. The van der Waals surface area contributed by atoms with Crippen LogP contribution in [0.2, 0.25) is 0 Å². The predicted molar refractivity (Wildman–Crippen MR) is 75.7 cm³/mol. The quantitative estimate of drug-likeness (QED) is 0.778. The van der Waals surface area contributed by atoms with Gasteiger partial charge in [0.2, 0.25) is 0 Å². The Morgan fingerprint density at radius 3 is 2.95 bits per heavy atom. The van der Waals surface area contributed by atoms with Crippen molar-refractivity contribution in [1.29, 1.82) is 0 Å². The number of urea groups is 1. The molecule has 1 heterocycles. The number of benzene rings is 1. The molecule has 1 unspecified atom stereocenters. The fourth-order valence-electron chi connectivity index (χ4n) is 2.30. The van der Waals surface area contributed by atoms with E-state index in [1.165, 1.54) is 0 Å². The lowest BCUT2D eigenvalue weighted by molar-refractivity contribution is 0.248. The van der Waals surface area contributed by atoms with Crippen molar-refractivity contribution in [3.63, 3.8) is 0 Å². The number of nitrogens with one attached hydrogen (secondary N) is 3. The molecule has 5 nitrogen and oxygen atoms in total. The Morgan fingerprint density at radius 2 is 2.26 bits per heavy atom. The summed E-state index contributed by atoms with van der Waals surface area (Å²) < 4.78 is 5.19. The smallest absolute Gasteiger partial charge is 0.319 e. The minimum atomic E-state index is -0.209. The molecule has 0 radical (unpaired) electrons. The van der Waals surface area contributed by atoms with Gasteiger partial charge in [0, 0.05) is 12.1 Å². The first-order valence-corrected chi connectivity index (χ1v) is 6.56. The normalized spacial score (nSPS) is 22.0. The summed E-state index contributed by atoms with van der Waals surface area (Å²) in [4.78, 5) is 11.9. The van der Waals surface area contributed by atoms with Gasteiger partial charge in [0.15, 0.2) is 0 Å². The molecule has 0 bridgehead atoms. The highest BCUT2D eigenvalue weighted by Crippen LogP contribution is 2.23. The van der Waals surface area contributed by atoms with Gasteiger partial charge in [-0.3, -0.25) is 0 Å². The minimum absolute atomic E-state index is 0.0120. The Bertz CT molecular complexity index is 442. The summed E-state index contributed by atoms with van der Waals surface area (Å²) >= 11 is 0. The Kier molecular flexibility index (Phi) is 4.27. The van der Waals surface area contributed by atoms with Crippen LogP contribution in [-0.2, 0) is 0 Å². The number of carbonyl (C=O) groups is 1. The summed E-state index contributed by atoms with van der Waals surface area (Å²) in [5.74, 6) is 0.655. The van der Waals surface area contributed by atoms with E-state index in [1.54, 1.807) is 7.11 Å². The Morgan fingerprint density at radius 1 is 1.47 bits per heavy atom. The van der Waals surface area contributed by atoms with E-state index in [0.29, 0.717) is 18.0 Å². The Labute approximate surface area is 113 Å². The van der Waals surface area contributed by atoms with Crippen molar-refractivity contribution in [3.05, 3.63) is 24.3 Å². The van der Waals surface area contributed by atoms with E-state index in [4.69, 9.17) is 4.74 Å². The highest BCUT2D eigenvalue weighted by Gasteiger charge is 2.28. The van der Waals surface area contributed by atoms with Crippen molar-refractivity contribution in [3.8, 4) is 5.75 Å². The average Bonchev–Trinajstić information content (AvgIpc) is 2.85. The number of amides is 2. The first-order chi connectivity index (χ1) is 9.13. The lowest BCUT2D eigenvalue weighted by Gasteiger charge is -2.24. The summed E-state index contributed by atoms with van der Waals surface area (Å²) in [5, 5.41) is 9.10. The molecule has 0 aromatic heterocycles. The number of rotatable bonds is 4. The van der Waals surface area contributed by atoms with Crippen LogP contribution in [0.3, 0.4) is 0 Å². The monoisotopic (exact) mass is 263 g/mol. The summed E-state index contributed by atoms with van der Waals surface area (Å²) in [7, 11) is 1.59. The molecule has 0 saturated carbocycles. The number of methoxy groups -OCH3 is 1. The molecular formula is C14H21N3O2. The van der Waals surface area contributed by atoms with E-state index in [9.17, 15) is 4.79 Å². The Hall–Kier alpha value is -1.75. The van der Waals surface area contributed by atoms with Gasteiger partial charge in [-0.15, -0.1) is 0 Å². The molecule has 3 N–H and O–H groups in total. The van der Waals surface area contributed by atoms with Crippen molar-refractivity contribution in [2.24, 2.45) is 0 Å². The van der Waals surface area contributed by atoms with Crippen molar-refractivity contribution in [2.75, 3.05) is 25.5 Å². The molecule has 104 valence electrons.